The van der Waals surface area contributed by atoms with Crippen molar-refractivity contribution in [1.82, 2.24) is 10.2 Å². The predicted molar refractivity (Wildman–Crippen MR) is 88.4 cm³/mol. The number of likely N-dealkylation sites (tertiary alicyclic amines) is 1. The van der Waals surface area contributed by atoms with E-state index >= 15 is 0 Å². The van der Waals surface area contributed by atoms with E-state index in [4.69, 9.17) is 0 Å². The van der Waals surface area contributed by atoms with Crippen molar-refractivity contribution in [3.8, 4) is 0 Å². The number of nitrogens with one attached hydrogen (secondary N) is 1. The van der Waals surface area contributed by atoms with Crippen LogP contribution in [-0.2, 0) is 4.79 Å². The van der Waals surface area contributed by atoms with Crippen LogP contribution in [0, 0.1) is 29.6 Å². The topological polar surface area (TPSA) is 32.3 Å². The van der Waals surface area contributed by atoms with Crippen molar-refractivity contribution in [2.24, 2.45) is 29.6 Å². The van der Waals surface area contributed by atoms with E-state index in [-0.39, 0.29) is 0 Å². The summed E-state index contributed by atoms with van der Waals surface area (Å²) in [7, 11) is 0. The molecule has 5 fully saturated rings. The van der Waals surface area contributed by atoms with Crippen molar-refractivity contribution in [3.05, 3.63) is 0 Å². The first-order valence-corrected chi connectivity index (χ1v) is 9.74. The van der Waals surface area contributed by atoms with Crippen LogP contribution in [0.4, 0.5) is 0 Å². The molecule has 3 heteroatoms. The normalized spacial score (nSPS) is 43.3. The van der Waals surface area contributed by atoms with Gasteiger partial charge >= 0.3 is 0 Å². The highest BCUT2D eigenvalue weighted by Crippen LogP contribution is 2.56. The van der Waals surface area contributed by atoms with Crippen molar-refractivity contribution in [2.75, 3.05) is 19.6 Å². The van der Waals surface area contributed by atoms with E-state index in [1.807, 2.05) is 0 Å². The zero-order valence-electron chi connectivity index (χ0n) is 14.1. The smallest absolute Gasteiger partial charge is 0.222 e. The Hall–Kier alpha value is -0.570. The quantitative estimate of drug-likeness (QED) is 0.765. The molecule has 0 aromatic rings. The first-order valence-electron chi connectivity index (χ1n) is 9.74. The van der Waals surface area contributed by atoms with E-state index in [2.05, 4.69) is 17.1 Å². The third-order valence-corrected chi connectivity index (χ3v) is 7.19. The summed E-state index contributed by atoms with van der Waals surface area (Å²) in [5.74, 6) is 5.24. The van der Waals surface area contributed by atoms with Crippen LogP contribution in [0.15, 0.2) is 0 Å². The lowest BCUT2D eigenvalue weighted by Gasteiger charge is -2.55. The number of hydrogen-bond donors (Lipinski definition) is 1. The van der Waals surface area contributed by atoms with E-state index in [0.29, 0.717) is 11.9 Å². The van der Waals surface area contributed by atoms with Gasteiger partial charge in [-0.25, -0.2) is 0 Å². The number of amides is 1. The summed E-state index contributed by atoms with van der Waals surface area (Å²) >= 11 is 0. The second kappa shape index (κ2) is 6.14. The Bertz CT molecular complexity index is 394. The third kappa shape index (κ3) is 2.70. The Morgan fingerprint density at radius 3 is 2.41 bits per heavy atom. The van der Waals surface area contributed by atoms with E-state index in [1.165, 1.54) is 32.1 Å². The molecule has 0 spiro atoms. The molecule has 4 aliphatic carbocycles. The van der Waals surface area contributed by atoms with E-state index in [0.717, 1.165) is 68.5 Å². The minimum absolute atomic E-state index is 0.440. The predicted octanol–water partition coefficient (Wildman–Crippen LogP) is 3.05. The molecule has 124 valence electrons. The lowest BCUT2D eigenvalue weighted by molar-refractivity contribution is -0.132. The fourth-order valence-corrected chi connectivity index (χ4v) is 6.35. The molecule has 0 aromatic heterocycles. The van der Waals surface area contributed by atoms with Crippen LogP contribution in [0.1, 0.15) is 58.3 Å². The Balaban J connectivity index is 1.39. The Morgan fingerprint density at radius 1 is 1.09 bits per heavy atom. The number of nitrogens with zero attached hydrogens (tertiary/aromatic N) is 1. The highest BCUT2D eigenvalue weighted by Gasteiger charge is 2.49. The number of hydrogen-bond acceptors (Lipinski definition) is 2. The minimum atomic E-state index is 0.440. The van der Waals surface area contributed by atoms with Crippen LogP contribution in [0.25, 0.3) is 0 Å². The van der Waals surface area contributed by atoms with Gasteiger partial charge in [-0.1, -0.05) is 6.92 Å². The van der Waals surface area contributed by atoms with Gasteiger partial charge in [-0.15, -0.1) is 0 Å². The van der Waals surface area contributed by atoms with Gasteiger partial charge in [0.2, 0.25) is 5.91 Å². The summed E-state index contributed by atoms with van der Waals surface area (Å²) < 4.78 is 0. The van der Waals surface area contributed by atoms with Gasteiger partial charge in [0.25, 0.3) is 0 Å². The molecule has 1 aliphatic heterocycles. The molecule has 0 unspecified atom stereocenters. The van der Waals surface area contributed by atoms with Crippen molar-refractivity contribution in [3.63, 3.8) is 0 Å². The molecule has 1 heterocycles. The molecule has 4 saturated carbocycles. The van der Waals surface area contributed by atoms with Gasteiger partial charge in [0.05, 0.1) is 0 Å². The second-order valence-corrected chi connectivity index (χ2v) is 8.48. The molecule has 22 heavy (non-hydrogen) atoms. The highest BCUT2D eigenvalue weighted by molar-refractivity contribution is 5.78. The van der Waals surface area contributed by atoms with Crippen LogP contribution in [-0.4, -0.2) is 36.5 Å². The SMILES string of the molecule is CCNCC[C@@H]1CCC(=O)N1CC1C2CC3CC(C2)CC1C3. The largest absolute Gasteiger partial charge is 0.339 e. The van der Waals surface area contributed by atoms with Crippen molar-refractivity contribution in [2.45, 2.75) is 64.3 Å². The molecule has 1 N–H and O–H groups in total. The molecule has 0 radical (unpaired) electrons. The summed E-state index contributed by atoms with van der Waals surface area (Å²) in [6.45, 7) is 5.35. The van der Waals surface area contributed by atoms with Gasteiger partial charge in [-0.2, -0.15) is 0 Å². The average Bonchev–Trinajstić information content (AvgIpc) is 2.83. The van der Waals surface area contributed by atoms with Crippen molar-refractivity contribution < 1.29 is 4.79 Å². The first-order chi connectivity index (χ1) is 10.7. The molecule has 1 atom stereocenters. The third-order valence-electron chi connectivity index (χ3n) is 7.19. The summed E-state index contributed by atoms with van der Waals surface area (Å²) in [5.41, 5.74) is 0. The lowest BCUT2D eigenvalue weighted by atomic mass is 9.52. The molecule has 1 saturated heterocycles. The van der Waals surface area contributed by atoms with Gasteiger partial charge in [-0.3, -0.25) is 4.79 Å². The van der Waals surface area contributed by atoms with Gasteiger partial charge < -0.3 is 10.2 Å². The minimum Gasteiger partial charge on any atom is -0.339 e. The van der Waals surface area contributed by atoms with Gasteiger partial charge in [0, 0.05) is 19.0 Å². The zero-order valence-corrected chi connectivity index (χ0v) is 14.1. The molecule has 0 aromatic carbocycles. The number of rotatable bonds is 6. The fourth-order valence-electron chi connectivity index (χ4n) is 6.35. The van der Waals surface area contributed by atoms with Crippen LogP contribution in [0.2, 0.25) is 0 Å². The molecule has 5 aliphatic rings. The molecule has 5 rings (SSSR count). The first kappa shape index (κ1) is 15.0. The molecule has 4 bridgehead atoms. The Labute approximate surface area is 135 Å². The molecule has 3 nitrogen and oxygen atoms in total. The molecular weight excluding hydrogens is 272 g/mol. The highest BCUT2D eigenvalue weighted by atomic mass is 16.2. The average molecular weight is 304 g/mol. The van der Waals surface area contributed by atoms with Crippen LogP contribution in [0.3, 0.4) is 0 Å². The summed E-state index contributed by atoms with van der Waals surface area (Å²) in [6.07, 6.45) is 10.5. The van der Waals surface area contributed by atoms with Crippen LogP contribution < -0.4 is 5.32 Å². The van der Waals surface area contributed by atoms with Crippen LogP contribution >= 0.6 is 0 Å². The van der Waals surface area contributed by atoms with Gasteiger partial charge in [0.15, 0.2) is 0 Å². The monoisotopic (exact) mass is 304 g/mol. The number of carbonyl (C=O) groups is 1. The Morgan fingerprint density at radius 2 is 1.77 bits per heavy atom. The zero-order chi connectivity index (χ0) is 15.1. The van der Waals surface area contributed by atoms with Gasteiger partial charge in [-0.05, 0) is 87.6 Å². The van der Waals surface area contributed by atoms with Crippen molar-refractivity contribution >= 4 is 5.91 Å². The summed E-state index contributed by atoms with van der Waals surface area (Å²) in [6, 6.07) is 0.517. The summed E-state index contributed by atoms with van der Waals surface area (Å²) in [4.78, 5) is 14.7. The molecule has 1 amide bonds. The fraction of sp³-hybridized carbons (Fsp3) is 0.947. The second-order valence-electron chi connectivity index (χ2n) is 8.48. The van der Waals surface area contributed by atoms with Crippen molar-refractivity contribution in [1.29, 1.82) is 0 Å². The Kier molecular flexibility index (Phi) is 4.19. The maximum absolute atomic E-state index is 12.4. The molecular formula is C19H32N2O. The van der Waals surface area contributed by atoms with Gasteiger partial charge in [0.1, 0.15) is 0 Å². The van der Waals surface area contributed by atoms with Crippen LogP contribution in [0.5, 0.6) is 0 Å². The standard InChI is InChI=1S/C19H32N2O/c1-2-20-6-5-17-3-4-19(22)21(17)12-18-15-8-13-7-14(10-15)11-16(18)9-13/h13-18,20H,2-12H2,1H3/t13?,14?,15?,16?,17-,18?/m0/s1. The van der Waals surface area contributed by atoms with E-state index in [1.54, 1.807) is 0 Å². The van der Waals surface area contributed by atoms with E-state index < -0.39 is 0 Å². The van der Waals surface area contributed by atoms with E-state index in [9.17, 15) is 4.79 Å². The lowest BCUT2D eigenvalue weighted by Crippen LogP contribution is -2.50. The summed E-state index contributed by atoms with van der Waals surface area (Å²) in [5, 5.41) is 3.43. The maximum Gasteiger partial charge on any atom is 0.222 e. The number of carbonyl (C=O) groups excluding carboxylic acids is 1. The maximum atomic E-state index is 12.4.